The summed E-state index contributed by atoms with van der Waals surface area (Å²) in [5.74, 6) is -1.00. The van der Waals surface area contributed by atoms with Gasteiger partial charge in [0.15, 0.2) is 0 Å². The maximum absolute atomic E-state index is 13.0. The van der Waals surface area contributed by atoms with E-state index in [2.05, 4.69) is 5.32 Å². The second-order valence-electron chi connectivity index (χ2n) is 6.71. The van der Waals surface area contributed by atoms with Gasteiger partial charge in [-0.3, -0.25) is 10.1 Å². The standard InChI is InChI=1S/C21H26N2O6S2/c1-13-17(20(24)28-9-11-30-3)19(15-7-5-6-8-16(15)23(26)27)18(14(2)22-13)21(25)29-10-12-31-4/h5-8,19,22H,9-12H2,1-4H3. The molecule has 8 nitrogen and oxygen atoms in total. The lowest BCUT2D eigenvalue weighted by Gasteiger charge is -2.30. The van der Waals surface area contributed by atoms with Crippen molar-refractivity contribution in [1.82, 2.24) is 5.32 Å². The zero-order chi connectivity index (χ0) is 23.0. The highest BCUT2D eigenvalue weighted by atomic mass is 32.2. The maximum atomic E-state index is 13.0. The van der Waals surface area contributed by atoms with E-state index < -0.39 is 22.8 Å². The molecule has 0 saturated heterocycles. The molecule has 1 aliphatic rings. The van der Waals surface area contributed by atoms with E-state index in [-0.39, 0.29) is 35.6 Å². The Kier molecular flexibility index (Phi) is 9.44. The molecule has 2 rings (SSSR count). The molecule has 0 amide bonds. The number of allylic oxidation sites excluding steroid dienone is 2. The van der Waals surface area contributed by atoms with Crippen molar-refractivity contribution in [1.29, 1.82) is 0 Å². The Morgan fingerprint density at radius 2 is 1.48 bits per heavy atom. The maximum Gasteiger partial charge on any atom is 0.336 e. The number of hydrogen-bond acceptors (Lipinski definition) is 9. The first-order chi connectivity index (χ1) is 14.8. The van der Waals surface area contributed by atoms with Gasteiger partial charge in [-0.05, 0) is 26.4 Å². The van der Waals surface area contributed by atoms with Crippen LogP contribution in [-0.4, -0.2) is 54.1 Å². The van der Waals surface area contributed by atoms with Crippen LogP contribution in [0, 0.1) is 10.1 Å². The summed E-state index contributed by atoms with van der Waals surface area (Å²) >= 11 is 3.06. The van der Waals surface area contributed by atoms with E-state index in [1.54, 1.807) is 32.0 Å². The first kappa shape index (κ1) is 24.8. The number of carbonyl (C=O) groups excluding carboxylic acids is 2. The highest BCUT2D eigenvalue weighted by molar-refractivity contribution is 7.98. The van der Waals surface area contributed by atoms with Gasteiger partial charge in [-0.2, -0.15) is 23.5 Å². The molecule has 0 saturated carbocycles. The molecular formula is C21H26N2O6S2. The van der Waals surface area contributed by atoms with Crippen molar-refractivity contribution >= 4 is 41.1 Å². The molecule has 0 unspecified atom stereocenters. The topological polar surface area (TPSA) is 108 Å². The van der Waals surface area contributed by atoms with Gasteiger partial charge in [0.1, 0.15) is 13.2 Å². The van der Waals surface area contributed by atoms with Crippen molar-refractivity contribution in [2.75, 3.05) is 37.2 Å². The number of esters is 2. The van der Waals surface area contributed by atoms with Crippen LogP contribution in [0.3, 0.4) is 0 Å². The molecular weight excluding hydrogens is 440 g/mol. The number of nitro benzene ring substituents is 1. The van der Waals surface area contributed by atoms with Crippen molar-refractivity contribution in [2.45, 2.75) is 19.8 Å². The Balaban J connectivity index is 2.59. The number of rotatable bonds is 10. The fourth-order valence-electron chi connectivity index (χ4n) is 3.33. The molecule has 0 atom stereocenters. The van der Waals surface area contributed by atoms with Gasteiger partial charge in [-0.15, -0.1) is 0 Å². The summed E-state index contributed by atoms with van der Waals surface area (Å²) < 4.78 is 10.8. The summed E-state index contributed by atoms with van der Waals surface area (Å²) in [5.41, 5.74) is 1.35. The van der Waals surface area contributed by atoms with Crippen LogP contribution in [0.25, 0.3) is 0 Å². The molecule has 1 aliphatic heterocycles. The normalized spacial score (nSPS) is 14.3. The van der Waals surface area contributed by atoms with E-state index in [1.165, 1.54) is 29.6 Å². The fourth-order valence-corrected chi connectivity index (χ4v) is 3.83. The molecule has 0 aromatic heterocycles. The van der Waals surface area contributed by atoms with Crippen molar-refractivity contribution in [2.24, 2.45) is 0 Å². The van der Waals surface area contributed by atoms with Crippen LogP contribution in [0.5, 0.6) is 0 Å². The van der Waals surface area contributed by atoms with Gasteiger partial charge in [0.05, 0.1) is 22.0 Å². The molecule has 0 bridgehead atoms. The first-order valence-electron chi connectivity index (χ1n) is 9.57. The molecule has 1 N–H and O–H groups in total. The molecule has 0 spiro atoms. The minimum atomic E-state index is -0.980. The van der Waals surface area contributed by atoms with Gasteiger partial charge in [0, 0.05) is 34.5 Å². The second-order valence-corrected chi connectivity index (χ2v) is 8.68. The van der Waals surface area contributed by atoms with Crippen molar-refractivity contribution in [3.8, 4) is 0 Å². The zero-order valence-electron chi connectivity index (χ0n) is 17.9. The third kappa shape index (κ3) is 6.04. The molecule has 1 heterocycles. The SMILES string of the molecule is CSCCOC(=O)C1=C(C)NC(C)=C(C(=O)OCCSC)C1c1ccccc1[N+](=O)[O-]. The van der Waals surface area contributed by atoms with Gasteiger partial charge in [-0.25, -0.2) is 9.59 Å². The average molecular weight is 467 g/mol. The van der Waals surface area contributed by atoms with E-state index in [9.17, 15) is 19.7 Å². The zero-order valence-corrected chi connectivity index (χ0v) is 19.6. The third-order valence-corrected chi connectivity index (χ3v) is 5.84. The summed E-state index contributed by atoms with van der Waals surface area (Å²) in [5, 5.41) is 14.8. The number of nitrogens with one attached hydrogen (secondary N) is 1. The Labute approximate surface area is 190 Å². The largest absolute Gasteiger partial charge is 0.461 e. The number of benzene rings is 1. The van der Waals surface area contributed by atoms with Gasteiger partial charge >= 0.3 is 11.9 Å². The van der Waals surface area contributed by atoms with E-state index in [0.29, 0.717) is 22.9 Å². The summed E-state index contributed by atoms with van der Waals surface area (Å²) in [6.45, 7) is 3.76. The molecule has 0 fully saturated rings. The molecule has 0 radical (unpaired) electrons. The molecule has 168 valence electrons. The summed E-state index contributed by atoms with van der Waals surface area (Å²) in [6, 6.07) is 6.10. The molecule has 1 aromatic rings. The van der Waals surface area contributed by atoms with Crippen LogP contribution in [0.15, 0.2) is 46.8 Å². The molecule has 1 aromatic carbocycles. The Morgan fingerprint density at radius 3 is 1.94 bits per heavy atom. The van der Waals surface area contributed by atoms with Gasteiger partial charge in [-0.1, -0.05) is 18.2 Å². The van der Waals surface area contributed by atoms with Crippen LogP contribution in [0.1, 0.15) is 25.3 Å². The summed E-state index contributed by atoms with van der Waals surface area (Å²) in [6.07, 6.45) is 3.79. The van der Waals surface area contributed by atoms with Crippen LogP contribution in [-0.2, 0) is 19.1 Å². The van der Waals surface area contributed by atoms with Gasteiger partial charge in [0.2, 0.25) is 0 Å². The predicted molar refractivity (Wildman–Crippen MR) is 123 cm³/mol. The van der Waals surface area contributed by atoms with Crippen LogP contribution in [0.2, 0.25) is 0 Å². The Morgan fingerprint density at radius 1 is 1.00 bits per heavy atom. The van der Waals surface area contributed by atoms with Crippen LogP contribution >= 0.6 is 23.5 Å². The number of nitrogens with zero attached hydrogens (tertiary/aromatic N) is 1. The fraction of sp³-hybridized carbons (Fsp3) is 0.429. The number of hydrogen-bond donors (Lipinski definition) is 1. The number of dihydropyridines is 1. The second kappa shape index (κ2) is 11.8. The number of ether oxygens (including phenoxy) is 2. The van der Waals surface area contributed by atoms with Gasteiger partial charge in [0.25, 0.3) is 5.69 Å². The third-order valence-electron chi connectivity index (χ3n) is 4.69. The monoisotopic (exact) mass is 466 g/mol. The summed E-state index contributed by atoms with van der Waals surface area (Å²) in [7, 11) is 0. The van der Waals surface area contributed by atoms with E-state index >= 15 is 0 Å². The smallest absolute Gasteiger partial charge is 0.336 e. The number of thioether (sulfide) groups is 2. The van der Waals surface area contributed by atoms with E-state index in [1.807, 2.05) is 12.5 Å². The number of nitro groups is 1. The van der Waals surface area contributed by atoms with Gasteiger partial charge < -0.3 is 14.8 Å². The first-order valence-corrected chi connectivity index (χ1v) is 12.4. The van der Waals surface area contributed by atoms with Crippen LogP contribution < -0.4 is 5.32 Å². The minimum absolute atomic E-state index is 0.165. The lowest BCUT2D eigenvalue weighted by Crippen LogP contribution is -2.33. The highest BCUT2D eigenvalue weighted by Crippen LogP contribution is 2.42. The van der Waals surface area contributed by atoms with E-state index in [4.69, 9.17) is 9.47 Å². The highest BCUT2D eigenvalue weighted by Gasteiger charge is 2.40. The lowest BCUT2D eigenvalue weighted by molar-refractivity contribution is -0.385. The van der Waals surface area contributed by atoms with E-state index in [0.717, 1.165) is 0 Å². The number of carbonyl (C=O) groups is 2. The van der Waals surface area contributed by atoms with Crippen molar-refractivity contribution < 1.29 is 24.0 Å². The molecule has 0 aliphatic carbocycles. The minimum Gasteiger partial charge on any atom is -0.461 e. The quantitative estimate of drug-likeness (QED) is 0.239. The average Bonchev–Trinajstić information content (AvgIpc) is 2.73. The van der Waals surface area contributed by atoms with Crippen molar-refractivity contribution in [3.63, 3.8) is 0 Å². The molecule has 10 heteroatoms. The number of para-hydroxylation sites is 1. The van der Waals surface area contributed by atoms with Crippen LogP contribution in [0.4, 0.5) is 5.69 Å². The van der Waals surface area contributed by atoms with Crippen molar-refractivity contribution in [3.05, 3.63) is 62.5 Å². The lowest BCUT2D eigenvalue weighted by atomic mass is 9.79. The Bertz CT molecular complexity index is 869. The Hall–Kier alpha value is -2.46. The predicted octanol–water partition coefficient (Wildman–Crippen LogP) is 3.64. The molecule has 31 heavy (non-hydrogen) atoms. The summed E-state index contributed by atoms with van der Waals surface area (Å²) in [4.78, 5) is 37.2.